The Hall–Kier alpha value is -3.49. The van der Waals surface area contributed by atoms with Gasteiger partial charge in [0.1, 0.15) is 11.3 Å². The van der Waals surface area contributed by atoms with Gasteiger partial charge in [0.2, 0.25) is 0 Å². The van der Waals surface area contributed by atoms with Crippen molar-refractivity contribution in [2.75, 3.05) is 11.9 Å². The molecule has 0 aliphatic carbocycles. The van der Waals surface area contributed by atoms with Gasteiger partial charge in [0.15, 0.2) is 6.61 Å². The van der Waals surface area contributed by atoms with Crippen LogP contribution in [0.5, 0.6) is 5.75 Å². The van der Waals surface area contributed by atoms with Gasteiger partial charge in [-0.3, -0.25) is 9.59 Å². The first-order valence-corrected chi connectivity index (χ1v) is 8.04. The van der Waals surface area contributed by atoms with Gasteiger partial charge in [-0.25, -0.2) is 0 Å². The van der Waals surface area contributed by atoms with Crippen LogP contribution in [0, 0.1) is 0 Å². The van der Waals surface area contributed by atoms with Gasteiger partial charge in [0.25, 0.3) is 5.91 Å². The molecule has 0 saturated carbocycles. The number of nitrogens with one attached hydrogen (secondary N) is 1. The standard InChI is InChI=1S/C19H14F3NO5/c20-19(21,22)12-1-3-13(4-2-12)23-17(25)10-28-18(26)7-11-9-27-16-8-14(24)5-6-15(11)16/h1-6,8-9,24H,7,10H2,(H,23,25). The van der Waals surface area contributed by atoms with Gasteiger partial charge in [-0.05, 0) is 36.4 Å². The Balaban J connectivity index is 1.52. The van der Waals surface area contributed by atoms with Crippen molar-refractivity contribution in [3.8, 4) is 5.75 Å². The molecule has 6 nitrogen and oxygen atoms in total. The average molecular weight is 393 g/mol. The molecule has 2 N–H and O–H groups in total. The maximum atomic E-state index is 12.5. The molecule has 0 radical (unpaired) electrons. The van der Waals surface area contributed by atoms with E-state index in [-0.39, 0.29) is 17.9 Å². The minimum absolute atomic E-state index is 0.0240. The van der Waals surface area contributed by atoms with Crippen LogP contribution in [0.1, 0.15) is 11.1 Å². The number of fused-ring (bicyclic) bond motifs is 1. The number of hydrogen-bond donors (Lipinski definition) is 2. The minimum Gasteiger partial charge on any atom is -0.508 e. The minimum atomic E-state index is -4.46. The Labute approximate surface area is 156 Å². The van der Waals surface area contributed by atoms with Gasteiger partial charge in [-0.2, -0.15) is 13.2 Å². The molecule has 0 aliphatic rings. The van der Waals surface area contributed by atoms with E-state index in [9.17, 15) is 27.9 Å². The molecule has 9 heteroatoms. The van der Waals surface area contributed by atoms with Gasteiger partial charge in [0.05, 0.1) is 18.2 Å². The number of phenolic OH excluding ortho intramolecular Hbond substituents is 1. The molecule has 0 bridgehead atoms. The lowest BCUT2D eigenvalue weighted by Crippen LogP contribution is -2.21. The molecule has 3 rings (SSSR count). The van der Waals surface area contributed by atoms with E-state index in [4.69, 9.17) is 9.15 Å². The second-order valence-corrected chi connectivity index (χ2v) is 5.90. The molecule has 0 unspecified atom stereocenters. The zero-order chi connectivity index (χ0) is 20.3. The van der Waals surface area contributed by atoms with Crippen LogP contribution in [0.15, 0.2) is 53.1 Å². The van der Waals surface area contributed by atoms with Crippen LogP contribution >= 0.6 is 0 Å². The van der Waals surface area contributed by atoms with Gasteiger partial charge in [-0.1, -0.05) is 0 Å². The van der Waals surface area contributed by atoms with Gasteiger partial charge >= 0.3 is 12.1 Å². The van der Waals surface area contributed by atoms with Crippen molar-refractivity contribution in [1.82, 2.24) is 0 Å². The maximum absolute atomic E-state index is 12.5. The average Bonchev–Trinajstić information content (AvgIpc) is 3.01. The molecule has 1 heterocycles. The van der Waals surface area contributed by atoms with E-state index in [1.165, 1.54) is 18.4 Å². The highest BCUT2D eigenvalue weighted by atomic mass is 19.4. The third-order valence-electron chi connectivity index (χ3n) is 3.83. The van der Waals surface area contributed by atoms with Crippen molar-refractivity contribution in [3.05, 3.63) is 59.9 Å². The highest BCUT2D eigenvalue weighted by molar-refractivity contribution is 5.93. The number of rotatable bonds is 5. The zero-order valence-electron chi connectivity index (χ0n) is 14.2. The number of anilines is 1. The summed E-state index contributed by atoms with van der Waals surface area (Å²) in [5, 5.41) is 12.4. The maximum Gasteiger partial charge on any atom is 0.416 e. The fraction of sp³-hybridized carbons (Fsp3) is 0.158. The van der Waals surface area contributed by atoms with Crippen LogP contribution in [0.2, 0.25) is 0 Å². The summed E-state index contributed by atoms with van der Waals surface area (Å²) in [5.41, 5.74) is 0.248. The summed E-state index contributed by atoms with van der Waals surface area (Å²) in [7, 11) is 0. The van der Waals surface area contributed by atoms with Crippen molar-refractivity contribution in [2.24, 2.45) is 0 Å². The van der Waals surface area contributed by atoms with Gasteiger partial charge in [0, 0.05) is 22.7 Å². The van der Waals surface area contributed by atoms with Crippen molar-refractivity contribution in [3.63, 3.8) is 0 Å². The second-order valence-electron chi connectivity index (χ2n) is 5.90. The van der Waals surface area contributed by atoms with Crippen LogP contribution < -0.4 is 5.32 Å². The third kappa shape index (κ3) is 4.61. The summed E-state index contributed by atoms with van der Waals surface area (Å²) in [4.78, 5) is 23.7. The van der Waals surface area contributed by atoms with Crippen molar-refractivity contribution in [1.29, 1.82) is 0 Å². The smallest absolute Gasteiger partial charge is 0.416 e. The fourth-order valence-electron chi connectivity index (χ4n) is 2.50. The Bertz CT molecular complexity index is 1010. The van der Waals surface area contributed by atoms with Crippen molar-refractivity contribution < 1.29 is 37.0 Å². The van der Waals surface area contributed by atoms with Crippen LogP contribution in [0.25, 0.3) is 11.0 Å². The molecular formula is C19H14F3NO5. The fourth-order valence-corrected chi connectivity index (χ4v) is 2.50. The zero-order valence-corrected chi connectivity index (χ0v) is 14.2. The van der Waals surface area contributed by atoms with E-state index in [1.807, 2.05) is 0 Å². The summed E-state index contributed by atoms with van der Waals surface area (Å²) in [6, 6.07) is 8.33. The largest absolute Gasteiger partial charge is 0.508 e. The number of hydrogen-bond acceptors (Lipinski definition) is 5. The number of carbonyl (C=O) groups excluding carboxylic acids is 2. The topological polar surface area (TPSA) is 88.8 Å². The predicted molar refractivity (Wildman–Crippen MR) is 92.6 cm³/mol. The number of furan rings is 1. The molecule has 0 spiro atoms. The first-order valence-electron chi connectivity index (χ1n) is 8.04. The van der Waals surface area contributed by atoms with E-state index in [1.54, 1.807) is 6.07 Å². The molecule has 2 aromatic carbocycles. The predicted octanol–water partition coefficient (Wildman–Crippen LogP) is 3.88. The Kier molecular flexibility index (Phi) is 5.25. The third-order valence-corrected chi connectivity index (χ3v) is 3.83. The number of halogens is 3. The number of ether oxygens (including phenoxy) is 1. The molecule has 146 valence electrons. The number of alkyl halides is 3. The molecule has 0 saturated heterocycles. The number of benzene rings is 2. The second kappa shape index (κ2) is 7.63. The van der Waals surface area contributed by atoms with Gasteiger partial charge < -0.3 is 19.6 Å². The molecule has 0 aliphatic heterocycles. The summed E-state index contributed by atoms with van der Waals surface area (Å²) in [6.07, 6.45) is -3.26. The van der Waals surface area contributed by atoms with Crippen molar-refractivity contribution >= 4 is 28.5 Å². The lowest BCUT2D eigenvalue weighted by atomic mass is 10.1. The first kappa shape index (κ1) is 19.3. The van der Waals surface area contributed by atoms with Crippen LogP contribution in [-0.2, 0) is 26.9 Å². The van der Waals surface area contributed by atoms with E-state index < -0.39 is 30.2 Å². The molecule has 0 fully saturated rings. The van der Waals surface area contributed by atoms with Crippen LogP contribution in [0.4, 0.5) is 18.9 Å². The summed E-state index contributed by atoms with van der Waals surface area (Å²) >= 11 is 0. The Morgan fingerprint density at radius 2 is 1.82 bits per heavy atom. The molecule has 1 amide bonds. The Morgan fingerprint density at radius 1 is 1.11 bits per heavy atom. The highest BCUT2D eigenvalue weighted by Crippen LogP contribution is 2.30. The number of amides is 1. The summed E-state index contributed by atoms with van der Waals surface area (Å²) in [5.74, 6) is -1.34. The molecule has 0 atom stereocenters. The van der Waals surface area contributed by atoms with Crippen molar-refractivity contribution in [2.45, 2.75) is 12.6 Å². The van der Waals surface area contributed by atoms with Crippen LogP contribution in [0.3, 0.4) is 0 Å². The first-order chi connectivity index (χ1) is 13.2. The molecular weight excluding hydrogens is 379 g/mol. The number of aromatic hydroxyl groups is 1. The highest BCUT2D eigenvalue weighted by Gasteiger charge is 2.30. The lowest BCUT2D eigenvalue weighted by Gasteiger charge is -2.09. The number of carbonyl (C=O) groups is 2. The molecule has 28 heavy (non-hydrogen) atoms. The van der Waals surface area contributed by atoms with Crippen LogP contribution in [-0.4, -0.2) is 23.6 Å². The van der Waals surface area contributed by atoms with E-state index in [0.717, 1.165) is 24.3 Å². The quantitative estimate of drug-likeness (QED) is 0.642. The van der Waals surface area contributed by atoms with E-state index >= 15 is 0 Å². The number of phenols is 1. The summed E-state index contributed by atoms with van der Waals surface area (Å²) < 4.78 is 47.6. The normalized spacial score (nSPS) is 11.4. The summed E-state index contributed by atoms with van der Waals surface area (Å²) in [6.45, 7) is -0.587. The van der Waals surface area contributed by atoms with Gasteiger partial charge in [-0.15, -0.1) is 0 Å². The van der Waals surface area contributed by atoms with E-state index in [2.05, 4.69) is 5.32 Å². The lowest BCUT2D eigenvalue weighted by molar-refractivity contribution is -0.146. The molecule has 1 aromatic heterocycles. The Morgan fingerprint density at radius 3 is 2.50 bits per heavy atom. The monoisotopic (exact) mass is 393 g/mol. The SMILES string of the molecule is O=C(COC(=O)Cc1coc2cc(O)ccc12)Nc1ccc(C(F)(F)F)cc1. The molecule has 3 aromatic rings. The van der Waals surface area contributed by atoms with E-state index in [0.29, 0.717) is 16.5 Å². The number of esters is 1.